The van der Waals surface area contributed by atoms with Gasteiger partial charge in [-0.2, -0.15) is 0 Å². The SMILES string of the molecule is C=C(NC(C)C(C)C)c1ccc(N)c(C(=N)/C=C/c2ccc(F)cc2)c1C. The van der Waals surface area contributed by atoms with Crippen molar-refractivity contribution in [3.05, 3.63) is 77.1 Å². The van der Waals surface area contributed by atoms with Gasteiger partial charge < -0.3 is 16.5 Å². The first-order valence-corrected chi connectivity index (χ1v) is 9.08. The summed E-state index contributed by atoms with van der Waals surface area (Å²) in [6.45, 7) is 12.5. The number of nitrogens with one attached hydrogen (secondary N) is 2. The summed E-state index contributed by atoms with van der Waals surface area (Å²) in [5.41, 5.74) is 11.2. The minimum absolute atomic E-state index is 0.281. The quantitative estimate of drug-likeness (QED) is 0.454. The van der Waals surface area contributed by atoms with Crippen molar-refractivity contribution < 1.29 is 4.39 Å². The molecule has 1 unspecified atom stereocenters. The maximum Gasteiger partial charge on any atom is 0.123 e. The Labute approximate surface area is 161 Å². The van der Waals surface area contributed by atoms with Gasteiger partial charge in [-0.15, -0.1) is 0 Å². The van der Waals surface area contributed by atoms with Crippen LogP contribution in [0.3, 0.4) is 0 Å². The third-order valence-electron chi connectivity index (χ3n) is 4.81. The molecule has 27 heavy (non-hydrogen) atoms. The summed E-state index contributed by atoms with van der Waals surface area (Å²) >= 11 is 0. The van der Waals surface area contributed by atoms with E-state index >= 15 is 0 Å². The molecule has 0 saturated heterocycles. The molecular weight excluding hydrogens is 337 g/mol. The van der Waals surface area contributed by atoms with Crippen LogP contribution in [-0.4, -0.2) is 11.8 Å². The van der Waals surface area contributed by atoms with Gasteiger partial charge in [-0.25, -0.2) is 4.39 Å². The lowest BCUT2D eigenvalue weighted by Gasteiger charge is -2.22. The largest absolute Gasteiger partial charge is 0.398 e. The predicted molar refractivity (Wildman–Crippen MR) is 114 cm³/mol. The van der Waals surface area contributed by atoms with E-state index in [2.05, 4.69) is 32.7 Å². The topological polar surface area (TPSA) is 61.9 Å². The number of hydrogen-bond donors (Lipinski definition) is 3. The highest BCUT2D eigenvalue weighted by Gasteiger charge is 2.15. The van der Waals surface area contributed by atoms with Crippen LogP contribution in [0.5, 0.6) is 0 Å². The van der Waals surface area contributed by atoms with Crippen molar-refractivity contribution in [2.45, 2.75) is 33.7 Å². The van der Waals surface area contributed by atoms with E-state index in [1.807, 2.05) is 19.1 Å². The maximum absolute atomic E-state index is 13.0. The molecule has 4 N–H and O–H groups in total. The van der Waals surface area contributed by atoms with Gasteiger partial charge in [0.15, 0.2) is 0 Å². The molecule has 0 bridgehead atoms. The number of rotatable bonds is 7. The second-order valence-electron chi connectivity index (χ2n) is 7.16. The summed E-state index contributed by atoms with van der Waals surface area (Å²) in [7, 11) is 0. The van der Waals surface area contributed by atoms with Crippen molar-refractivity contribution in [2.24, 2.45) is 5.92 Å². The molecule has 0 saturated carbocycles. The number of nitrogen functional groups attached to an aromatic ring is 1. The van der Waals surface area contributed by atoms with Crippen LogP contribution in [0.15, 0.2) is 49.1 Å². The number of anilines is 1. The van der Waals surface area contributed by atoms with Gasteiger partial charge in [0.2, 0.25) is 0 Å². The lowest BCUT2D eigenvalue weighted by Crippen LogP contribution is -2.29. The van der Waals surface area contributed by atoms with Crippen LogP contribution >= 0.6 is 0 Å². The van der Waals surface area contributed by atoms with E-state index in [0.717, 1.165) is 22.4 Å². The average Bonchev–Trinajstić information content (AvgIpc) is 2.61. The average molecular weight is 365 g/mol. The Morgan fingerprint density at radius 1 is 1.15 bits per heavy atom. The molecule has 4 heteroatoms. The Kier molecular flexibility index (Phi) is 6.56. The Balaban J connectivity index is 2.29. The second-order valence-corrected chi connectivity index (χ2v) is 7.16. The Morgan fingerprint density at radius 3 is 2.37 bits per heavy atom. The third-order valence-corrected chi connectivity index (χ3v) is 4.81. The number of halogens is 1. The lowest BCUT2D eigenvalue weighted by molar-refractivity contribution is 0.481. The molecular formula is C23H28FN3. The standard InChI is InChI=1S/C23H28FN3/c1-14(2)16(4)27-17(5)20-11-13-22(26)23(15(20)3)21(25)12-8-18-6-9-19(24)10-7-18/h6-14,16,25,27H,5,26H2,1-4H3/b12-8+,25-21?. The molecule has 0 heterocycles. The van der Waals surface area contributed by atoms with Crippen LogP contribution in [0.1, 0.15) is 43.0 Å². The minimum Gasteiger partial charge on any atom is -0.398 e. The molecule has 0 aliphatic rings. The molecule has 0 amide bonds. The molecule has 0 radical (unpaired) electrons. The van der Waals surface area contributed by atoms with E-state index < -0.39 is 0 Å². The number of nitrogens with two attached hydrogens (primary N) is 1. The first-order valence-electron chi connectivity index (χ1n) is 9.08. The van der Waals surface area contributed by atoms with Crippen molar-refractivity contribution >= 4 is 23.2 Å². The molecule has 2 aromatic rings. The van der Waals surface area contributed by atoms with Gasteiger partial charge in [-0.05, 0) is 55.2 Å². The number of hydrogen-bond acceptors (Lipinski definition) is 3. The fraction of sp³-hybridized carbons (Fsp3) is 0.261. The zero-order valence-electron chi connectivity index (χ0n) is 16.4. The molecule has 0 spiro atoms. The van der Waals surface area contributed by atoms with Gasteiger partial charge in [0.1, 0.15) is 5.82 Å². The third kappa shape index (κ3) is 5.07. The highest BCUT2D eigenvalue weighted by atomic mass is 19.1. The van der Waals surface area contributed by atoms with Crippen molar-refractivity contribution in [3.63, 3.8) is 0 Å². The van der Waals surface area contributed by atoms with Crippen LogP contribution < -0.4 is 11.1 Å². The number of allylic oxidation sites excluding steroid dienone is 1. The van der Waals surface area contributed by atoms with E-state index in [9.17, 15) is 4.39 Å². The highest BCUT2D eigenvalue weighted by molar-refractivity contribution is 6.13. The molecule has 0 fully saturated rings. The molecule has 0 aromatic heterocycles. The summed E-state index contributed by atoms with van der Waals surface area (Å²) in [4.78, 5) is 0. The minimum atomic E-state index is -0.281. The summed E-state index contributed by atoms with van der Waals surface area (Å²) in [5, 5.41) is 11.9. The Morgan fingerprint density at radius 2 is 1.78 bits per heavy atom. The molecule has 1 atom stereocenters. The Bertz CT molecular complexity index is 864. The van der Waals surface area contributed by atoms with Gasteiger partial charge in [-0.3, -0.25) is 0 Å². The number of benzene rings is 2. The van der Waals surface area contributed by atoms with E-state index in [1.165, 1.54) is 12.1 Å². The van der Waals surface area contributed by atoms with Crippen LogP contribution in [-0.2, 0) is 0 Å². The fourth-order valence-electron chi connectivity index (χ4n) is 2.77. The molecule has 2 aromatic carbocycles. The van der Waals surface area contributed by atoms with Crippen LogP contribution in [0, 0.1) is 24.1 Å². The van der Waals surface area contributed by atoms with E-state index in [1.54, 1.807) is 24.3 Å². The monoisotopic (exact) mass is 365 g/mol. The van der Waals surface area contributed by atoms with Gasteiger partial charge >= 0.3 is 0 Å². The molecule has 3 nitrogen and oxygen atoms in total. The Hall–Kier alpha value is -2.88. The fourth-order valence-corrected chi connectivity index (χ4v) is 2.77. The summed E-state index contributed by atoms with van der Waals surface area (Å²) < 4.78 is 13.0. The van der Waals surface area contributed by atoms with E-state index in [-0.39, 0.29) is 11.9 Å². The van der Waals surface area contributed by atoms with Gasteiger partial charge in [-0.1, -0.05) is 44.7 Å². The van der Waals surface area contributed by atoms with Crippen molar-refractivity contribution in [2.75, 3.05) is 5.73 Å². The summed E-state index contributed by atoms with van der Waals surface area (Å²) in [6, 6.07) is 10.2. The molecule has 2 rings (SSSR count). The van der Waals surface area contributed by atoms with Crippen molar-refractivity contribution in [1.29, 1.82) is 5.41 Å². The van der Waals surface area contributed by atoms with E-state index in [4.69, 9.17) is 11.1 Å². The zero-order valence-corrected chi connectivity index (χ0v) is 16.4. The van der Waals surface area contributed by atoms with Crippen molar-refractivity contribution in [3.8, 4) is 0 Å². The molecule has 0 aliphatic carbocycles. The van der Waals surface area contributed by atoms with E-state index in [0.29, 0.717) is 22.9 Å². The van der Waals surface area contributed by atoms with Gasteiger partial charge in [0, 0.05) is 28.6 Å². The maximum atomic E-state index is 13.0. The molecule has 0 aliphatic heterocycles. The lowest BCUT2D eigenvalue weighted by atomic mass is 9.94. The van der Waals surface area contributed by atoms with Crippen LogP contribution in [0.4, 0.5) is 10.1 Å². The molecule has 142 valence electrons. The first kappa shape index (κ1) is 20.4. The van der Waals surface area contributed by atoms with Crippen molar-refractivity contribution in [1.82, 2.24) is 5.32 Å². The first-order chi connectivity index (χ1) is 12.7. The highest BCUT2D eigenvalue weighted by Crippen LogP contribution is 2.26. The van der Waals surface area contributed by atoms with Crippen LogP contribution in [0.25, 0.3) is 11.8 Å². The smallest absolute Gasteiger partial charge is 0.123 e. The van der Waals surface area contributed by atoms with Gasteiger partial charge in [0.25, 0.3) is 0 Å². The second kappa shape index (κ2) is 8.67. The summed E-state index contributed by atoms with van der Waals surface area (Å²) in [6.07, 6.45) is 3.46. The van der Waals surface area contributed by atoms with Gasteiger partial charge in [0.05, 0.1) is 5.71 Å². The zero-order chi connectivity index (χ0) is 20.1. The predicted octanol–water partition coefficient (Wildman–Crippen LogP) is 5.40. The van der Waals surface area contributed by atoms with Crippen LogP contribution in [0.2, 0.25) is 0 Å². The summed E-state index contributed by atoms with van der Waals surface area (Å²) in [5.74, 6) is 0.198. The normalized spacial score (nSPS) is 12.4.